The molecule has 168 valence electrons. The van der Waals surface area contributed by atoms with Crippen LogP contribution in [0.15, 0.2) is 61.8 Å². The molecule has 0 aliphatic carbocycles. The zero-order chi connectivity index (χ0) is 21.9. The van der Waals surface area contributed by atoms with Crippen LogP contribution >= 0.6 is 94.1 Å². The quantitative estimate of drug-likeness (QED) is 0.345. The van der Waals surface area contributed by atoms with Crippen molar-refractivity contribution in [2.24, 2.45) is 0 Å². The van der Waals surface area contributed by atoms with E-state index in [1.54, 1.807) is 0 Å². The SMILES string of the molecule is CSC1=C2SCCOc3cccc4c(cccc34)OCCSC3=C(SC)S/C(=C(/S1)S2)S3. The lowest BCUT2D eigenvalue weighted by Crippen LogP contribution is -2.02. The summed E-state index contributed by atoms with van der Waals surface area (Å²) in [7, 11) is 0. The molecule has 0 aromatic heterocycles. The fourth-order valence-corrected chi connectivity index (χ4v) is 14.1. The van der Waals surface area contributed by atoms with Crippen LogP contribution in [-0.4, -0.2) is 37.2 Å². The predicted molar refractivity (Wildman–Crippen MR) is 158 cm³/mol. The van der Waals surface area contributed by atoms with Gasteiger partial charge >= 0.3 is 0 Å². The molecule has 5 rings (SSSR count). The van der Waals surface area contributed by atoms with Gasteiger partial charge in [-0.2, -0.15) is 0 Å². The van der Waals surface area contributed by atoms with E-state index in [0.717, 1.165) is 33.8 Å². The Hall–Kier alpha value is 0.320. The van der Waals surface area contributed by atoms with E-state index in [1.165, 1.54) is 25.4 Å². The molecule has 0 unspecified atom stereocenters. The van der Waals surface area contributed by atoms with Gasteiger partial charge in [0.2, 0.25) is 0 Å². The fourth-order valence-electron chi connectivity index (χ4n) is 3.21. The van der Waals surface area contributed by atoms with Gasteiger partial charge in [-0.25, -0.2) is 0 Å². The van der Waals surface area contributed by atoms with Gasteiger partial charge in [0.25, 0.3) is 0 Å². The highest BCUT2D eigenvalue weighted by molar-refractivity contribution is 8.45. The van der Waals surface area contributed by atoms with E-state index in [9.17, 15) is 0 Å². The molecule has 0 radical (unpaired) electrons. The first kappa shape index (κ1) is 24.0. The molecule has 3 aliphatic heterocycles. The highest BCUT2D eigenvalue weighted by Gasteiger charge is 2.30. The number of hydrogen-bond acceptors (Lipinski definition) is 10. The Morgan fingerprint density at radius 3 is 1.53 bits per heavy atom. The topological polar surface area (TPSA) is 18.5 Å². The van der Waals surface area contributed by atoms with Gasteiger partial charge in [0.15, 0.2) is 0 Å². The molecular weight excluding hydrogens is 553 g/mol. The standard InChI is InChI=1S/C22H20O2S8/c1-25-17-19-27-11-9-23-15-7-3-6-14-13(15)5-4-8-16(14)24-10-12-28-20-18(26-2)30-22(32-20)21(29-17)31-19/h3-8H,9-12H2,1-2H3/b22-21+. The summed E-state index contributed by atoms with van der Waals surface area (Å²) in [5.41, 5.74) is 0. The second-order valence-electron chi connectivity index (χ2n) is 6.54. The van der Waals surface area contributed by atoms with Gasteiger partial charge in [-0.1, -0.05) is 71.3 Å². The normalized spacial score (nSPS) is 22.2. The maximum absolute atomic E-state index is 6.21. The molecule has 0 fully saturated rings. The van der Waals surface area contributed by atoms with E-state index in [1.807, 2.05) is 94.1 Å². The predicted octanol–water partition coefficient (Wildman–Crippen LogP) is 9.14. The Morgan fingerprint density at radius 2 is 1.09 bits per heavy atom. The highest BCUT2D eigenvalue weighted by atomic mass is 32.3. The summed E-state index contributed by atoms with van der Waals surface area (Å²) in [5.74, 6) is 3.72. The van der Waals surface area contributed by atoms with Crippen molar-refractivity contribution < 1.29 is 9.47 Å². The second-order valence-corrected chi connectivity index (χ2v) is 16.0. The van der Waals surface area contributed by atoms with E-state index in [4.69, 9.17) is 9.47 Å². The number of fused-ring (bicyclic) bond motifs is 4. The van der Waals surface area contributed by atoms with Gasteiger partial charge in [-0.05, 0) is 24.6 Å². The molecule has 32 heavy (non-hydrogen) atoms. The number of hydrogen-bond donors (Lipinski definition) is 0. The molecule has 0 amide bonds. The van der Waals surface area contributed by atoms with E-state index >= 15 is 0 Å². The zero-order valence-corrected chi connectivity index (χ0v) is 23.9. The summed E-state index contributed by atoms with van der Waals surface area (Å²) in [4.78, 5) is 0. The molecular formula is C22H20O2S8. The van der Waals surface area contributed by atoms with E-state index in [0.29, 0.717) is 13.2 Å². The smallest absolute Gasteiger partial charge is 0.127 e. The van der Waals surface area contributed by atoms with Gasteiger partial charge in [-0.15, -0.1) is 47.0 Å². The lowest BCUT2D eigenvalue weighted by molar-refractivity contribution is 0.344. The van der Waals surface area contributed by atoms with Gasteiger partial charge < -0.3 is 9.47 Å². The largest absolute Gasteiger partial charge is 0.492 e. The molecule has 0 spiro atoms. The van der Waals surface area contributed by atoms with Crippen molar-refractivity contribution in [1.29, 1.82) is 0 Å². The van der Waals surface area contributed by atoms with Crippen molar-refractivity contribution in [2.45, 2.75) is 0 Å². The van der Waals surface area contributed by atoms with Crippen LogP contribution in [0, 0.1) is 0 Å². The first-order valence-corrected chi connectivity index (χ1v) is 17.5. The minimum Gasteiger partial charge on any atom is -0.492 e. The van der Waals surface area contributed by atoms with Gasteiger partial charge in [0.05, 0.1) is 38.6 Å². The van der Waals surface area contributed by atoms with Crippen LogP contribution in [0.2, 0.25) is 0 Å². The van der Waals surface area contributed by atoms with Crippen molar-refractivity contribution in [1.82, 2.24) is 0 Å². The Morgan fingerprint density at radius 1 is 0.625 bits per heavy atom. The summed E-state index contributed by atoms with van der Waals surface area (Å²) in [6, 6.07) is 12.5. The molecule has 0 N–H and O–H groups in total. The molecule has 3 heterocycles. The summed E-state index contributed by atoms with van der Waals surface area (Å²) in [5, 5.41) is 2.23. The first-order valence-electron chi connectivity index (χ1n) is 9.82. The first-order chi connectivity index (χ1) is 15.8. The molecule has 0 saturated carbocycles. The molecule has 3 aliphatic rings. The van der Waals surface area contributed by atoms with Crippen molar-refractivity contribution in [3.8, 4) is 11.5 Å². The van der Waals surface area contributed by atoms with E-state index < -0.39 is 0 Å². The third-order valence-electron chi connectivity index (χ3n) is 4.60. The average molecular weight is 573 g/mol. The molecule has 2 nitrogen and oxygen atoms in total. The molecule has 2 aromatic carbocycles. The molecule has 0 saturated heterocycles. The van der Waals surface area contributed by atoms with Crippen molar-refractivity contribution in [3.05, 3.63) is 61.8 Å². The van der Waals surface area contributed by atoms with Crippen LogP contribution in [0.25, 0.3) is 10.8 Å². The lowest BCUT2D eigenvalue weighted by atomic mass is 10.1. The number of benzene rings is 2. The minimum absolute atomic E-state index is 0.680. The Bertz CT molecular complexity index is 1040. The summed E-state index contributed by atoms with van der Waals surface area (Å²) in [6.07, 6.45) is 4.36. The molecule has 10 heteroatoms. The van der Waals surface area contributed by atoms with Gasteiger partial charge in [0, 0.05) is 22.3 Å². The van der Waals surface area contributed by atoms with Crippen molar-refractivity contribution >= 4 is 105 Å². The summed E-state index contributed by atoms with van der Waals surface area (Å²) >= 11 is 15.3. The molecule has 0 atom stereocenters. The third kappa shape index (κ3) is 5.27. The summed E-state index contributed by atoms with van der Waals surface area (Å²) < 4.78 is 20.9. The van der Waals surface area contributed by atoms with Crippen molar-refractivity contribution in [2.75, 3.05) is 37.2 Å². The Kier molecular flexibility index (Phi) is 8.54. The van der Waals surface area contributed by atoms with Crippen LogP contribution in [-0.2, 0) is 0 Å². The van der Waals surface area contributed by atoms with Crippen LogP contribution < -0.4 is 9.47 Å². The molecule has 2 aromatic rings. The second kappa shape index (κ2) is 11.4. The van der Waals surface area contributed by atoms with Crippen molar-refractivity contribution in [3.63, 3.8) is 0 Å². The van der Waals surface area contributed by atoms with Crippen LogP contribution in [0.4, 0.5) is 0 Å². The van der Waals surface area contributed by atoms with Gasteiger partial charge in [-0.3, -0.25) is 0 Å². The van der Waals surface area contributed by atoms with Crippen LogP contribution in [0.3, 0.4) is 0 Å². The fraction of sp³-hybridized carbons (Fsp3) is 0.273. The number of ether oxygens (including phenoxy) is 2. The number of rotatable bonds is 2. The minimum atomic E-state index is 0.680. The Labute approximate surface area is 223 Å². The lowest BCUT2D eigenvalue weighted by Gasteiger charge is -2.13. The maximum atomic E-state index is 6.21. The maximum Gasteiger partial charge on any atom is 0.127 e. The third-order valence-corrected chi connectivity index (χ3v) is 15.8. The van der Waals surface area contributed by atoms with Gasteiger partial charge in [0.1, 0.15) is 11.5 Å². The highest BCUT2D eigenvalue weighted by Crippen LogP contribution is 2.65. The number of thioether (sulfide) groups is 8. The van der Waals surface area contributed by atoms with E-state index in [2.05, 4.69) is 48.9 Å². The molecule has 8 bridgehead atoms. The average Bonchev–Trinajstić information content (AvgIpc) is 3.42. The van der Waals surface area contributed by atoms with Crippen LogP contribution in [0.1, 0.15) is 0 Å². The van der Waals surface area contributed by atoms with Crippen LogP contribution in [0.5, 0.6) is 11.5 Å². The zero-order valence-electron chi connectivity index (χ0n) is 17.4. The van der Waals surface area contributed by atoms with E-state index in [-0.39, 0.29) is 0 Å². The Balaban J connectivity index is 1.44. The summed E-state index contributed by atoms with van der Waals surface area (Å²) in [6.45, 7) is 1.36. The monoisotopic (exact) mass is 572 g/mol.